The molecule has 0 radical (unpaired) electrons. The summed E-state index contributed by atoms with van der Waals surface area (Å²) in [7, 11) is 1.45. The van der Waals surface area contributed by atoms with Crippen LogP contribution in [0.2, 0.25) is 0 Å². The summed E-state index contributed by atoms with van der Waals surface area (Å²) in [4.78, 5) is 23.8. The molecule has 0 spiro atoms. The maximum Gasteiger partial charge on any atom is 0.317 e. The van der Waals surface area contributed by atoms with E-state index in [9.17, 15) is 18.4 Å². The van der Waals surface area contributed by atoms with E-state index in [0.29, 0.717) is 0 Å². The minimum absolute atomic E-state index is 0.0276. The highest BCUT2D eigenvalue weighted by molar-refractivity contribution is 5.76. The van der Waals surface area contributed by atoms with E-state index < -0.39 is 35.6 Å². The van der Waals surface area contributed by atoms with Crippen LogP contribution in [0.5, 0.6) is 0 Å². The van der Waals surface area contributed by atoms with E-state index in [0.717, 1.165) is 12.1 Å². The van der Waals surface area contributed by atoms with Gasteiger partial charge in [0.15, 0.2) is 0 Å². The van der Waals surface area contributed by atoms with Gasteiger partial charge in [-0.3, -0.25) is 4.79 Å². The molecular formula is C14H18F2N2O3. The maximum absolute atomic E-state index is 13.6. The van der Waals surface area contributed by atoms with E-state index >= 15 is 0 Å². The van der Waals surface area contributed by atoms with E-state index in [1.54, 1.807) is 6.92 Å². The molecule has 0 fully saturated rings. The number of carbonyl (C=O) groups excluding carboxylic acids is 1. The van der Waals surface area contributed by atoms with Crippen molar-refractivity contribution in [2.75, 3.05) is 13.6 Å². The quantitative estimate of drug-likeness (QED) is 0.877. The first-order valence-electron chi connectivity index (χ1n) is 6.41. The van der Waals surface area contributed by atoms with Gasteiger partial charge in [-0.2, -0.15) is 0 Å². The van der Waals surface area contributed by atoms with Crippen LogP contribution < -0.4 is 5.32 Å². The molecule has 7 heteroatoms. The second-order valence-corrected chi connectivity index (χ2v) is 4.96. The van der Waals surface area contributed by atoms with Crippen molar-refractivity contribution >= 4 is 12.0 Å². The number of carboxylic acid groups (broad SMARTS) is 1. The lowest BCUT2D eigenvalue weighted by atomic mass is 10.1. The number of nitrogens with zero attached hydrogens (tertiary/aromatic N) is 1. The van der Waals surface area contributed by atoms with Gasteiger partial charge in [0.1, 0.15) is 11.6 Å². The van der Waals surface area contributed by atoms with Gasteiger partial charge < -0.3 is 15.3 Å². The first-order valence-corrected chi connectivity index (χ1v) is 6.41. The highest BCUT2D eigenvalue weighted by atomic mass is 19.1. The third-order valence-corrected chi connectivity index (χ3v) is 3.08. The Bertz CT molecular complexity index is 537. The predicted molar refractivity (Wildman–Crippen MR) is 72.7 cm³/mol. The van der Waals surface area contributed by atoms with Crippen LogP contribution in [0.25, 0.3) is 0 Å². The highest BCUT2D eigenvalue weighted by Crippen LogP contribution is 2.17. The number of benzene rings is 1. The molecular weight excluding hydrogens is 282 g/mol. The van der Waals surface area contributed by atoms with Crippen LogP contribution in [0, 0.1) is 17.6 Å². The van der Waals surface area contributed by atoms with Crippen molar-refractivity contribution < 1.29 is 23.5 Å². The van der Waals surface area contributed by atoms with Crippen molar-refractivity contribution in [3.8, 4) is 0 Å². The van der Waals surface area contributed by atoms with Crippen LogP contribution in [0.1, 0.15) is 25.5 Å². The molecule has 2 amide bonds. The number of carbonyl (C=O) groups is 2. The van der Waals surface area contributed by atoms with Crippen LogP contribution in [-0.4, -0.2) is 35.6 Å². The number of rotatable bonds is 5. The molecule has 0 bridgehead atoms. The molecule has 0 heterocycles. The van der Waals surface area contributed by atoms with Crippen molar-refractivity contribution in [3.05, 3.63) is 35.4 Å². The molecule has 0 aliphatic carbocycles. The minimum Gasteiger partial charge on any atom is -0.481 e. The number of hydrogen-bond donors (Lipinski definition) is 2. The Kier molecular flexibility index (Phi) is 5.63. The Morgan fingerprint density at radius 1 is 1.33 bits per heavy atom. The first-order chi connectivity index (χ1) is 9.72. The molecule has 116 valence electrons. The number of urea groups is 1. The van der Waals surface area contributed by atoms with Gasteiger partial charge in [0.05, 0.1) is 12.0 Å². The van der Waals surface area contributed by atoms with Gasteiger partial charge >= 0.3 is 12.0 Å². The molecule has 0 aromatic heterocycles. The summed E-state index contributed by atoms with van der Waals surface area (Å²) >= 11 is 0. The summed E-state index contributed by atoms with van der Waals surface area (Å²) < 4.78 is 26.4. The smallest absolute Gasteiger partial charge is 0.317 e. The Morgan fingerprint density at radius 3 is 2.48 bits per heavy atom. The Labute approximate surface area is 121 Å². The summed E-state index contributed by atoms with van der Waals surface area (Å²) in [5, 5.41) is 11.3. The predicted octanol–water partition coefficient (Wildman–Crippen LogP) is 2.39. The maximum atomic E-state index is 13.6. The average molecular weight is 300 g/mol. The third kappa shape index (κ3) is 4.70. The zero-order valence-corrected chi connectivity index (χ0v) is 12.1. The average Bonchev–Trinajstić information content (AvgIpc) is 2.37. The van der Waals surface area contributed by atoms with E-state index in [2.05, 4.69) is 5.32 Å². The van der Waals surface area contributed by atoms with Crippen LogP contribution in [0.3, 0.4) is 0 Å². The van der Waals surface area contributed by atoms with Gasteiger partial charge in [-0.05, 0) is 13.0 Å². The second-order valence-electron chi connectivity index (χ2n) is 4.96. The SMILES string of the molecule is CC(CN(C)C(=O)N[C@@H](C)c1ccc(F)cc1F)C(=O)O. The molecule has 0 aliphatic rings. The summed E-state index contributed by atoms with van der Waals surface area (Å²) in [6.07, 6.45) is 0. The number of hydrogen-bond acceptors (Lipinski definition) is 2. The Balaban J connectivity index is 2.67. The first kappa shape index (κ1) is 16.9. The van der Waals surface area contributed by atoms with Gasteiger partial charge in [-0.25, -0.2) is 13.6 Å². The Morgan fingerprint density at radius 2 is 1.95 bits per heavy atom. The van der Waals surface area contributed by atoms with E-state index in [1.165, 1.54) is 24.9 Å². The molecule has 2 N–H and O–H groups in total. The van der Waals surface area contributed by atoms with Gasteiger partial charge in [-0.1, -0.05) is 13.0 Å². The third-order valence-electron chi connectivity index (χ3n) is 3.08. The van der Waals surface area contributed by atoms with Crippen molar-refractivity contribution in [2.24, 2.45) is 5.92 Å². The van der Waals surface area contributed by atoms with Crippen LogP contribution in [0.4, 0.5) is 13.6 Å². The molecule has 1 aromatic rings. The minimum atomic E-state index is -1.01. The molecule has 5 nitrogen and oxygen atoms in total. The number of carboxylic acids is 1. The molecule has 1 unspecified atom stereocenters. The zero-order chi connectivity index (χ0) is 16.2. The lowest BCUT2D eigenvalue weighted by Gasteiger charge is -2.23. The van der Waals surface area contributed by atoms with E-state index in [-0.39, 0.29) is 12.1 Å². The van der Waals surface area contributed by atoms with Crippen LogP contribution in [-0.2, 0) is 4.79 Å². The highest BCUT2D eigenvalue weighted by Gasteiger charge is 2.20. The van der Waals surface area contributed by atoms with Crippen LogP contribution >= 0.6 is 0 Å². The lowest BCUT2D eigenvalue weighted by Crippen LogP contribution is -2.41. The fourth-order valence-electron chi connectivity index (χ4n) is 1.80. The van der Waals surface area contributed by atoms with E-state index in [4.69, 9.17) is 5.11 Å². The summed E-state index contributed by atoms with van der Waals surface area (Å²) in [6.45, 7) is 3.07. The van der Waals surface area contributed by atoms with Gasteiger partial charge in [-0.15, -0.1) is 0 Å². The Hall–Kier alpha value is -2.18. The fraction of sp³-hybridized carbons (Fsp3) is 0.429. The van der Waals surface area contributed by atoms with E-state index in [1.807, 2.05) is 0 Å². The topological polar surface area (TPSA) is 69.6 Å². The summed E-state index contributed by atoms with van der Waals surface area (Å²) in [5.74, 6) is -3.16. The lowest BCUT2D eigenvalue weighted by molar-refractivity contribution is -0.141. The molecule has 21 heavy (non-hydrogen) atoms. The molecule has 1 aromatic carbocycles. The zero-order valence-electron chi connectivity index (χ0n) is 12.1. The van der Waals surface area contributed by atoms with Crippen LogP contribution in [0.15, 0.2) is 18.2 Å². The van der Waals surface area contributed by atoms with Crippen molar-refractivity contribution in [1.82, 2.24) is 10.2 Å². The summed E-state index contributed by atoms with van der Waals surface area (Å²) in [6, 6.07) is 1.92. The van der Waals surface area contributed by atoms with Crippen molar-refractivity contribution in [3.63, 3.8) is 0 Å². The summed E-state index contributed by atoms with van der Waals surface area (Å²) in [5.41, 5.74) is 0.157. The molecule has 0 saturated heterocycles. The van der Waals surface area contributed by atoms with Crippen molar-refractivity contribution in [1.29, 1.82) is 0 Å². The second kappa shape index (κ2) is 7.01. The number of aliphatic carboxylic acids is 1. The molecule has 0 saturated carbocycles. The van der Waals surface area contributed by atoms with Gasteiger partial charge in [0.2, 0.25) is 0 Å². The molecule has 0 aliphatic heterocycles. The fourth-order valence-corrected chi connectivity index (χ4v) is 1.80. The standard InChI is InChI=1S/C14H18F2N2O3/c1-8(13(19)20)7-18(3)14(21)17-9(2)11-5-4-10(15)6-12(11)16/h4-6,8-9H,7H2,1-3H3,(H,17,21)(H,19,20)/t8?,9-/m0/s1. The number of amides is 2. The van der Waals surface area contributed by atoms with Gasteiger partial charge in [0.25, 0.3) is 0 Å². The number of halogens is 2. The van der Waals surface area contributed by atoms with Crippen molar-refractivity contribution in [2.45, 2.75) is 19.9 Å². The molecule has 1 rings (SSSR count). The largest absolute Gasteiger partial charge is 0.481 e. The normalized spacial score (nSPS) is 13.4. The number of nitrogens with one attached hydrogen (secondary N) is 1. The molecule has 2 atom stereocenters. The van der Waals surface area contributed by atoms with Gasteiger partial charge in [0, 0.05) is 25.2 Å². The monoisotopic (exact) mass is 300 g/mol.